The van der Waals surface area contributed by atoms with Gasteiger partial charge < -0.3 is 5.73 Å². The number of rotatable bonds is 3. The summed E-state index contributed by atoms with van der Waals surface area (Å²) in [7, 11) is 0. The van der Waals surface area contributed by atoms with E-state index in [1.165, 1.54) is 37.9 Å². The molecule has 3 aromatic rings. The number of aromatic nitrogens is 2. The monoisotopic (exact) mass is 324 g/mol. The molecule has 0 unspecified atom stereocenters. The summed E-state index contributed by atoms with van der Waals surface area (Å²) < 4.78 is 0. The number of hydrogen-bond donors (Lipinski definition) is 1. The van der Waals surface area contributed by atoms with E-state index in [0.29, 0.717) is 0 Å². The Hall–Kier alpha value is -1.98. The van der Waals surface area contributed by atoms with Crippen molar-refractivity contribution in [3.8, 4) is 10.6 Å². The van der Waals surface area contributed by atoms with Crippen LogP contribution >= 0.6 is 11.3 Å². The topological polar surface area (TPSA) is 55.0 Å². The van der Waals surface area contributed by atoms with Crippen LogP contribution in [-0.4, -0.2) is 28.0 Å². The maximum atomic E-state index is 6.07. The third-order valence-electron chi connectivity index (χ3n) is 4.35. The molecule has 2 aromatic heterocycles. The van der Waals surface area contributed by atoms with Gasteiger partial charge in [0.05, 0.1) is 0 Å². The number of hydrogen-bond acceptors (Lipinski definition) is 5. The Morgan fingerprint density at radius 3 is 2.78 bits per heavy atom. The van der Waals surface area contributed by atoms with E-state index < -0.39 is 0 Å². The highest BCUT2D eigenvalue weighted by atomic mass is 32.1. The number of piperidine rings is 1. The molecular weight excluding hydrogens is 304 g/mol. The Morgan fingerprint density at radius 2 is 1.96 bits per heavy atom. The van der Waals surface area contributed by atoms with Crippen LogP contribution in [0.5, 0.6) is 0 Å². The Balaban J connectivity index is 1.63. The number of para-hydroxylation sites is 1. The van der Waals surface area contributed by atoms with Gasteiger partial charge in [-0.25, -0.2) is 9.97 Å². The van der Waals surface area contributed by atoms with Crippen molar-refractivity contribution in [2.75, 3.05) is 18.8 Å². The van der Waals surface area contributed by atoms with Gasteiger partial charge in [-0.1, -0.05) is 29.9 Å². The lowest BCUT2D eigenvalue weighted by molar-refractivity contribution is 0.221. The largest absolute Gasteiger partial charge is 0.398 e. The molecule has 1 fully saturated rings. The van der Waals surface area contributed by atoms with E-state index in [4.69, 9.17) is 10.7 Å². The van der Waals surface area contributed by atoms with E-state index in [2.05, 4.69) is 16.0 Å². The van der Waals surface area contributed by atoms with Crippen molar-refractivity contribution in [3.05, 3.63) is 42.1 Å². The summed E-state index contributed by atoms with van der Waals surface area (Å²) in [4.78, 5) is 12.9. The highest BCUT2D eigenvalue weighted by Crippen LogP contribution is 2.32. The summed E-state index contributed by atoms with van der Waals surface area (Å²) >= 11 is 1.60. The fraction of sp³-hybridized carbons (Fsp3) is 0.333. The Labute approximate surface area is 140 Å². The lowest BCUT2D eigenvalue weighted by atomic mass is 10.1. The summed E-state index contributed by atoms with van der Waals surface area (Å²) in [6, 6.07) is 10.0. The van der Waals surface area contributed by atoms with Gasteiger partial charge in [-0.05, 0) is 49.7 Å². The molecule has 1 aliphatic rings. The average molecular weight is 324 g/mol. The molecule has 4 rings (SSSR count). The lowest BCUT2D eigenvalue weighted by Crippen LogP contribution is -2.29. The first-order valence-electron chi connectivity index (χ1n) is 8.12. The number of likely N-dealkylation sites (tertiary alicyclic amines) is 1. The molecule has 23 heavy (non-hydrogen) atoms. The predicted octanol–water partition coefficient (Wildman–Crippen LogP) is 3.93. The van der Waals surface area contributed by atoms with Gasteiger partial charge >= 0.3 is 0 Å². The molecule has 5 heteroatoms. The second-order valence-corrected chi connectivity index (χ2v) is 7.09. The zero-order valence-corrected chi connectivity index (χ0v) is 13.9. The predicted molar refractivity (Wildman–Crippen MR) is 96.4 cm³/mol. The van der Waals surface area contributed by atoms with E-state index >= 15 is 0 Å². The van der Waals surface area contributed by atoms with Crippen LogP contribution in [0.15, 0.2) is 36.5 Å². The quantitative estimate of drug-likeness (QED) is 0.742. The zero-order chi connectivity index (χ0) is 15.6. The van der Waals surface area contributed by atoms with Gasteiger partial charge in [0.1, 0.15) is 15.4 Å². The van der Waals surface area contributed by atoms with E-state index in [1.54, 1.807) is 11.3 Å². The molecule has 3 heterocycles. The molecule has 0 saturated carbocycles. The van der Waals surface area contributed by atoms with Crippen molar-refractivity contribution in [3.63, 3.8) is 0 Å². The van der Waals surface area contributed by atoms with Crippen LogP contribution in [-0.2, 0) is 6.54 Å². The Bertz CT molecular complexity index is 821. The number of nitrogens with two attached hydrogens (primary N) is 1. The molecular formula is C18H20N4S. The summed E-state index contributed by atoms with van der Waals surface area (Å²) in [5.74, 6) is 0. The van der Waals surface area contributed by atoms with Gasteiger partial charge in [0.2, 0.25) is 0 Å². The minimum Gasteiger partial charge on any atom is -0.398 e. The first-order valence-corrected chi connectivity index (χ1v) is 8.94. The van der Waals surface area contributed by atoms with Gasteiger partial charge in [-0.15, -0.1) is 0 Å². The van der Waals surface area contributed by atoms with Gasteiger partial charge in [-0.2, -0.15) is 0 Å². The molecule has 1 saturated heterocycles. The number of pyridine rings is 1. The van der Waals surface area contributed by atoms with E-state index in [0.717, 1.165) is 33.2 Å². The van der Waals surface area contributed by atoms with Gasteiger partial charge in [0, 0.05) is 24.0 Å². The van der Waals surface area contributed by atoms with Crippen molar-refractivity contribution in [2.45, 2.75) is 25.8 Å². The third kappa shape index (κ3) is 3.07. The van der Waals surface area contributed by atoms with Crippen molar-refractivity contribution in [1.82, 2.24) is 14.9 Å². The Morgan fingerprint density at radius 1 is 1.13 bits per heavy atom. The van der Waals surface area contributed by atoms with Gasteiger partial charge in [-0.3, -0.25) is 4.90 Å². The van der Waals surface area contributed by atoms with Crippen molar-refractivity contribution >= 4 is 27.4 Å². The summed E-state index contributed by atoms with van der Waals surface area (Å²) in [6.45, 7) is 3.37. The van der Waals surface area contributed by atoms with Crippen LogP contribution in [0.4, 0.5) is 5.69 Å². The molecule has 118 valence electrons. The minimum absolute atomic E-state index is 0.764. The van der Waals surface area contributed by atoms with Crippen LogP contribution in [0.25, 0.3) is 20.9 Å². The molecule has 0 spiro atoms. The SMILES string of the molecule is Nc1ccccc1-c1nc2cc(CN3CCCCC3)cnc2s1. The number of nitrogens with zero attached hydrogens (tertiary/aromatic N) is 3. The van der Waals surface area contributed by atoms with Crippen LogP contribution in [0.2, 0.25) is 0 Å². The molecule has 0 aliphatic carbocycles. The lowest BCUT2D eigenvalue weighted by Gasteiger charge is -2.26. The molecule has 1 aliphatic heterocycles. The molecule has 1 aromatic carbocycles. The maximum Gasteiger partial charge on any atom is 0.143 e. The first kappa shape index (κ1) is 14.6. The molecule has 4 nitrogen and oxygen atoms in total. The summed E-state index contributed by atoms with van der Waals surface area (Å²) in [6.07, 6.45) is 5.97. The van der Waals surface area contributed by atoms with Crippen LogP contribution in [0.1, 0.15) is 24.8 Å². The molecule has 0 radical (unpaired) electrons. The molecule has 0 atom stereocenters. The number of benzene rings is 1. The third-order valence-corrected chi connectivity index (χ3v) is 5.36. The molecule has 0 amide bonds. The van der Waals surface area contributed by atoms with E-state index in [9.17, 15) is 0 Å². The first-order chi connectivity index (χ1) is 11.3. The fourth-order valence-corrected chi connectivity index (χ4v) is 4.07. The highest BCUT2D eigenvalue weighted by Gasteiger charge is 2.13. The maximum absolute atomic E-state index is 6.07. The fourth-order valence-electron chi connectivity index (χ4n) is 3.13. The zero-order valence-electron chi connectivity index (χ0n) is 13.0. The van der Waals surface area contributed by atoms with Gasteiger partial charge in [0.25, 0.3) is 0 Å². The average Bonchev–Trinajstić information content (AvgIpc) is 2.99. The second-order valence-electron chi connectivity index (χ2n) is 6.11. The normalized spacial score (nSPS) is 16.0. The number of fused-ring (bicyclic) bond motifs is 1. The second kappa shape index (κ2) is 6.26. The van der Waals surface area contributed by atoms with E-state index in [-0.39, 0.29) is 0 Å². The van der Waals surface area contributed by atoms with Gasteiger partial charge in [0.15, 0.2) is 0 Å². The van der Waals surface area contributed by atoms with E-state index in [1.807, 2.05) is 30.5 Å². The molecule has 2 N–H and O–H groups in total. The standard InChI is InChI=1S/C18H20N4S/c19-15-7-3-2-6-14(15)17-21-16-10-13(11-20-18(16)23-17)12-22-8-4-1-5-9-22/h2-3,6-7,10-11H,1,4-5,8-9,12,19H2. The minimum atomic E-state index is 0.764. The summed E-state index contributed by atoms with van der Waals surface area (Å²) in [5, 5.41) is 0.945. The van der Waals surface area contributed by atoms with Crippen molar-refractivity contribution in [2.24, 2.45) is 0 Å². The van der Waals surface area contributed by atoms with Crippen molar-refractivity contribution in [1.29, 1.82) is 0 Å². The number of thiazole rings is 1. The number of anilines is 1. The molecule has 0 bridgehead atoms. The van der Waals surface area contributed by atoms with Crippen molar-refractivity contribution < 1.29 is 0 Å². The van der Waals surface area contributed by atoms with Crippen LogP contribution in [0.3, 0.4) is 0 Å². The van der Waals surface area contributed by atoms with Crippen LogP contribution < -0.4 is 5.73 Å². The smallest absolute Gasteiger partial charge is 0.143 e. The summed E-state index contributed by atoms with van der Waals surface area (Å²) in [5.41, 5.74) is 10.0. The van der Waals surface area contributed by atoms with Crippen LogP contribution in [0, 0.1) is 0 Å². The Kier molecular flexibility index (Phi) is 3.97. The highest BCUT2D eigenvalue weighted by molar-refractivity contribution is 7.21. The number of nitrogen functional groups attached to an aromatic ring is 1.